The van der Waals surface area contributed by atoms with Crippen LogP contribution in [0.4, 0.5) is 0 Å². The monoisotopic (exact) mass is 363 g/mol. The van der Waals surface area contributed by atoms with Crippen LogP contribution in [-0.2, 0) is 0 Å². The molecule has 0 radical (unpaired) electrons. The standard InChI is InChI=1S/C21H21N3OS/c1-2-6-18(20-9-5-12-26-20)23-24-21(25)16-13-19(14-10-11-14)22-17-8-4-3-7-15(16)17/h3-5,7-9,12-14H,2,6,10-11H2,1H3,(H,24,25)/b23-18+. The van der Waals surface area contributed by atoms with Gasteiger partial charge in [0.2, 0.25) is 0 Å². The number of rotatable bonds is 6. The number of fused-ring (bicyclic) bond motifs is 1. The van der Waals surface area contributed by atoms with Gasteiger partial charge in [0, 0.05) is 17.0 Å². The van der Waals surface area contributed by atoms with E-state index in [1.54, 1.807) is 11.3 Å². The molecule has 0 unspecified atom stereocenters. The summed E-state index contributed by atoms with van der Waals surface area (Å²) < 4.78 is 0. The lowest BCUT2D eigenvalue weighted by atomic mass is 10.1. The Morgan fingerprint density at radius 1 is 1.27 bits per heavy atom. The average molecular weight is 363 g/mol. The molecule has 1 aromatic carbocycles. The van der Waals surface area contributed by atoms with Crippen LogP contribution in [0.3, 0.4) is 0 Å². The smallest absolute Gasteiger partial charge is 0.267 e. The summed E-state index contributed by atoms with van der Waals surface area (Å²) in [6, 6.07) is 13.8. The lowest BCUT2D eigenvalue weighted by Gasteiger charge is -2.09. The molecule has 132 valence electrons. The zero-order valence-electron chi connectivity index (χ0n) is 14.7. The minimum Gasteiger partial charge on any atom is -0.267 e. The number of hydrogen-bond donors (Lipinski definition) is 1. The minimum atomic E-state index is -0.171. The maximum atomic E-state index is 12.9. The zero-order chi connectivity index (χ0) is 17.9. The van der Waals surface area contributed by atoms with E-state index in [1.165, 1.54) is 0 Å². The SMILES string of the molecule is CCC/C(=N\NC(=O)c1cc(C2CC2)nc2ccccc12)c1cccs1. The number of nitrogens with zero attached hydrogens (tertiary/aromatic N) is 2. The van der Waals surface area contributed by atoms with Gasteiger partial charge in [0.25, 0.3) is 5.91 Å². The number of benzene rings is 1. The largest absolute Gasteiger partial charge is 0.272 e. The number of thiophene rings is 1. The zero-order valence-corrected chi connectivity index (χ0v) is 15.6. The molecule has 1 aliphatic carbocycles. The van der Waals surface area contributed by atoms with Crippen LogP contribution in [-0.4, -0.2) is 16.6 Å². The van der Waals surface area contributed by atoms with E-state index in [0.29, 0.717) is 11.5 Å². The van der Waals surface area contributed by atoms with Gasteiger partial charge in [0.05, 0.1) is 21.7 Å². The van der Waals surface area contributed by atoms with Gasteiger partial charge in [0.1, 0.15) is 0 Å². The van der Waals surface area contributed by atoms with E-state index >= 15 is 0 Å². The summed E-state index contributed by atoms with van der Waals surface area (Å²) in [7, 11) is 0. The molecule has 0 aliphatic heterocycles. The van der Waals surface area contributed by atoms with Gasteiger partial charge in [-0.05, 0) is 42.8 Å². The van der Waals surface area contributed by atoms with Crippen LogP contribution in [0, 0.1) is 0 Å². The van der Waals surface area contributed by atoms with Crippen LogP contribution in [0.2, 0.25) is 0 Å². The number of carbonyl (C=O) groups excluding carboxylic acids is 1. The first-order chi connectivity index (χ1) is 12.8. The van der Waals surface area contributed by atoms with Gasteiger partial charge >= 0.3 is 0 Å². The summed E-state index contributed by atoms with van der Waals surface area (Å²) in [5.74, 6) is 0.326. The van der Waals surface area contributed by atoms with Crippen molar-refractivity contribution in [2.75, 3.05) is 0 Å². The molecule has 2 aromatic heterocycles. The molecule has 1 fully saturated rings. The van der Waals surface area contributed by atoms with E-state index in [-0.39, 0.29) is 5.91 Å². The number of hydrazone groups is 1. The number of aromatic nitrogens is 1. The molecule has 2 heterocycles. The Kier molecular flexibility index (Phi) is 4.80. The van der Waals surface area contributed by atoms with Gasteiger partial charge in [-0.1, -0.05) is 37.6 Å². The summed E-state index contributed by atoms with van der Waals surface area (Å²) in [6.07, 6.45) is 4.13. The Balaban J connectivity index is 1.66. The number of amides is 1. The first-order valence-corrected chi connectivity index (χ1v) is 9.94. The number of pyridine rings is 1. The predicted molar refractivity (Wildman–Crippen MR) is 107 cm³/mol. The highest BCUT2D eigenvalue weighted by atomic mass is 32.1. The number of carbonyl (C=O) groups is 1. The normalized spacial score (nSPS) is 14.6. The molecule has 0 spiro atoms. The Hall–Kier alpha value is -2.53. The lowest BCUT2D eigenvalue weighted by molar-refractivity contribution is 0.0956. The van der Waals surface area contributed by atoms with Crippen LogP contribution < -0.4 is 5.43 Å². The molecule has 5 heteroatoms. The molecule has 3 aromatic rings. The van der Waals surface area contributed by atoms with Gasteiger partial charge in [-0.15, -0.1) is 11.3 Å². The molecule has 0 saturated heterocycles. The summed E-state index contributed by atoms with van der Waals surface area (Å²) >= 11 is 1.64. The van der Waals surface area contributed by atoms with Crippen molar-refractivity contribution in [1.29, 1.82) is 0 Å². The first kappa shape index (κ1) is 16.9. The first-order valence-electron chi connectivity index (χ1n) is 9.06. The fourth-order valence-corrected chi connectivity index (χ4v) is 3.81. The van der Waals surface area contributed by atoms with E-state index in [0.717, 1.165) is 52.9 Å². The van der Waals surface area contributed by atoms with Crippen molar-refractivity contribution < 1.29 is 4.79 Å². The van der Waals surface area contributed by atoms with Crippen molar-refractivity contribution in [3.8, 4) is 0 Å². The van der Waals surface area contributed by atoms with Gasteiger partial charge in [0.15, 0.2) is 0 Å². The highest BCUT2D eigenvalue weighted by molar-refractivity contribution is 7.12. The average Bonchev–Trinajstić information content (AvgIpc) is 3.38. The highest BCUT2D eigenvalue weighted by Crippen LogP contribution is 2.40. The Morgan fingerprint density at radius 2 is 2.12 bits per heavy atom. The molecular formula is C21H21N3OS. The number of para-hydroxylation sites is 1. The van der Waals surface area contributed by atoms with E-state index in [2.05, 4.69) is 17.5 Å². The van der Waals surface area contributed by atoms with Crippen molar-refractivity contribution in [3.63, 3.8) is 0 Å². The Bertz CT molecular complexity index is 959. The second kappa shape index (κ2) is 7.38. The van der Waals surface area contributed by atoms with Gasteiger partial charge in [-0.3, -0.25) is 9.78 Å². The molecule has 4 nitrogen and oxygen atoms in total. The summed E-state index contributed by atoms with van der Waals surface area (Å²) in [4.78, 5) is 18.7. The minimum absolute atomic E-state index is 0.171. The maximum Gasteiger partial charge on any atom is 0.272 e. The second-order valence-corrected chi connectivity index (χ2v) is 7.56. The fourth-order valence-electron chi connectivity index (χ4n) is 3.06. The Labute approximate surface area is 157 Å². The van der Waals surface area contributed by atoms with Gasteiger partial charge < -0.3 is 0 Å². The highest BCUT2D eigenvalue weighted by Gasteiger charge is 2.26. The molecule has 1 aliphatic rings. The summed E-state index contributed by atoms with van der Waals surface area (Å²) in [5, 5.41) is 7.34. The van der Waals surface area contributed by atoms with Crippen molar-refractivity contribution >= 4 is 33.9 Å². The molecule has 0 bridgehead atoms. The quantitative estimate of drug-likeness (QED) is 0.489. The molecule has 4 rings (SSSR count). The van der Waals surface area contributed by atoms with E-state index in [9.17, 15) is 4.79 Å². The molecule has 1 N–H and O–H groups in total. The van der Waals surface area contributed by atoms with Crippen LogP contribution >= 0.6 is 11.3 Å². The van der Waals surface area contributed by atoms with Crippen LogP contribution in [0.25, 0.3) is 10.9 Å². The third-order valence-electron chi connectivity index (χ3n) is 4.56. The van der Waals surface area contributed by atoms with E-state index < -0.39 is 0 Å². The molecule has 0 atom stereocenters. The lowest BCUT2D eigenvalue weighted by Crippen LogP contribution is -2.20. The molecule has 1 amide bonds. The van der Waals surface area contributed by atoms with Crippen molar-refractivity contribution in [3.05, 3.63) is 64.0 Å². The van der Waals surface area contributed by atoms with Crippen LogP contribution in [0.1, 0.15) is 59.5 Å². The maximum absolute atomic E-state index is 12.9. The van der Waals surface area contributed by atoms with Crippen molar-refractivity contribution in [2.45, 2.75) is 38.5 Å². The topological polar surface area (TPSA) is 54.4 Å². The molecule has 26 heavy (non-hydrogen) atoms. The van der Waals surface area contributed by atoms with Crippen LogP contribution in [0.15, 0.2) is 52.9 Å². The molecule has 1 saturated carbocycles. The van der Waals surface area contributed by atoms with Gasteiger partial charge in [-0.25, -0.2) is 5.43 Å². The summed E-state index contributed by atoms with van der Waals surface area (Å²) in [6.45, 7) is 2.11. The fraction of sp³-hybridized carbons (Fsp3) is 0.286. The van der Waals surface area contributed by atoms with Gasteiger partial charge in [-0.2, -0.15) is 5.10 Å². The van der Waals surface area contributed by atoms with Crippen LogP contribution in [0.5, 0.6) is 0 Å². The van der Waals surface area contributed by atoms with Crippen molar-refractivity contribution in [1.82, 2.24) is 10.4 Å². The van der Waals surface area contributed by atoms with Crippen molar-refractivity contribution in [2.24, 2.45) is 5.10 Å². The third kappa shape index (κ3) is 3.53. The van der Waals surface area contributed by atoms with E-state index in [4.69, 9.17) is 4.98 Å². The molecular weight excluding hydrogens is 342 g/mol. The Morgan fingerprint density at radius 3 is 2.85 bits per heavy atom. The number of hydrogen-bond acceptors (Lipinski definition) is 4. The predicted octanol–water partition coefficient (Wildman–Crippen LogP) is 5.11. The second-order valence-electron chi connectivity index (χ2n) is 6.61. The number of nitrogens with one attached hydrogen (secondary N) is 1. The third-order valence-corrected chi connectivity index (χ3v) is 5.48. The van der Waals surface area contributed by atoms with E-state index in [1.807, 2.05) is 47.8 Å². The summed E-state index contributed by atoms with van der Waals surface area (Å²) in [5.41, 5.74) is 6.25.